The zero-order valence-corrected chi connectivity index (χ0v) is 14.4. The van der Waals surface area contributed by atoms with Crippen molar-refractivity contribution in [3.63, 3.8) is 0 Å². The highest BCUT2D eigenvalue weighted by Crippen LogP contribution is 2.19. The van der Waals surface area contributed by atoms with Gasteiger partial charge in [0.05, 0.1) is 5.52 Å². The van der Waals surface area contributed by atoms with Crippen LogP contribution in [0.25, 0.3) is 11.0 Å². The maximum atomic E-state index is 12.8. The second-order valence-corrected chi connectivity index (χ2v) is 6.61. The molecule has 3 heterocycles. The van der Waals surface area contributed by atoms with Crippen LogP contribution >= 0.6 is 0 Å². The number of carbonyl (C=O) groups is 1. The first-order valence-electron chi connectivity index (χ1n) is 8.49. The van der Waals surface area contributed by atoms with E-state index in [1.54, 1.807) is 9.13 Å². The smallest absolute Gasteiger partial charge is 0.278 e. The summed E-state index contributed by atoms with van der Waals surface area (Å²) >= 11 is 0. The highest BCUT2D eigenvalue weighted by atomic mass is 16.2. The lowest BCUT2D eigenvalue weighted by Gasteiger charge is -2.10. The highest BCUT2D eigenvalue weighted by Gasteiger charge is 2.20. The van der Waals surface area contributed by atoms with E-state index in [1.807, 2.05) is 44.2 Å². The van der Waals surface area contributed by atoms with Gasteiger partial charge in [-0.1, -0.05) is 17.7 Å². The Kier molecular flexibility index (Phi) is 3.67. The van der Waals surface area contributed by atoms with Gasteiger partial charge in [0.1, 0.15) is 17.9 Å². The first-order chi connectivity index (χ1) is 12.0. The van der Waals surface area contributed by atoms with E-state index in [9.17, 15) is 9.59 Å². The van der Waals surface area contributed by atoms with Crippen LogP contribution in [-0.2, 0) is 24.3 Å². The van der Waals surface area contributed by atoms with E-state index in [2.05, 4.69) is 10.3 Å². The summed E-state index contributed by atoms with van der Waals surface area (Å²) in [4.78, 5) is 29.9. The Morgan fingerprint density at radius 3 is 2.76 bits per heavy atom. The van der Waals surface area contributed by atoms with Crippen LogP contribution in [0.2, 0.25) is 0 Å². The molecule has 6 nitrogen and oxygen atoms in total. The van der Waals surface area contributed by atoms with Gasteiger partial charge in [0.25, 0.3) is 5.56 Å². The molecule has 0 atom stereocenters. The van der Waals surface area contributed by atoms with Crippen molar-refractivity contribution in [2.45, 2.75) is 39.8 Å². The van der Waals surface area contributed by atoms with E-state index in [0.717, 1.165) is 35.6 Å². The number of benzene rings is 1. The molecule has 0 saturated carbocycles. The van der Waals surface area contributed by atoms with Gasteiger partial charge in [-0.3, -0.25) is 14.2 Å². The number of fused-ring (bicyclic) bond motifs is 2. The van der Waals surface area contributed by atoms with Crippen molar-refractivity contribution < 1.29 is 4.79 Å². The fourth-order valence-electron chi connectivity index (χ4n) is 3.41. The first-order valence-corrected chi connectivity index (χ1v) is 8.49. The summed E-state index contributed by atoms with van der Waals surface area (Å²) in [6.45, 7) is 4.70. The van der Waals surface area contributed by atoms with E-state index in [-0.39, 0.29) is 18.0 Å². The Morgan fingerprint density at radius 1 is 1.24 bits per heavy atom. The molecule has 1 aliphatic rings. The van der Waals surface area contributed by atoms with Crippen LogP contribution in [0.1, 0.15) is 23.5 Å². The third kappa shape index (κ3) is 2.73. The van der Waals surface area contributed by atoms with E-state index < -0.39 is 0 Å². The van der Waals surface area contributed by atoms with Gasteiger partial charge < -0.3 is 9.88 Å². The van der Waals surface area contributed by atoms with Crippen LogP contribution in [0, 0.1) is 13.8 Å². The fourth-order valence-corrected chi connectivity index (χ4v) is 3.41. The Bertz CT molecular complexity index is 1030. The topological polar surface area (TPSA) is 68.9 Å². The monoisotopic (exact) mass is 336 g/mol. The van der Waals surface area contributed by atoms with E-state index in [0.29, 0.717) is 17.6 Å². The second-order valence-electron chi connectivity index (χ2n) is 6.61. The van der Waals surface area contributed by atoms with Crippen LogP contribution in [0.15, 0.2) is 35.1 Å². The van der Waals surface area contributed by atoms with E-state index >= 15 is 0 Å². The van der Waals surface area contributed by atoms with Crippen LogP contribution in [-0.4, -0.2) is 20.0 Å². The zero-order valence-electron chi connectivity index (χ0n) is 14.4. The minimum atomic E-state index is -0.158. The summed E-state index contributed by atoms with van der Waals surface area (Å²) in [5, 5.41) is 2.88. The van der Waals surface area contributed by atoms with Crippen LogP contribution in [0.3, 0.4) is 0 Å². The maximum Gasteiger partial charge on any atom is 0.278 e. The van der Waals surface area contributed by atoms with Crippen LogP contribution < -0.4 is 10.9 Å². The predicted octanol–water partition coefficient (Wildman–Crippen LogP) is 2.40. The molecule has 0 spiro atoms. The molecule has 6 heteroatoms. The number of hydrogen-bond donors (Lipinski definition) is 1. The molecule has 0 saturated heterocycles. The molecule has 0 bridgehead atoms. The largest absolute Gasteiger partial charge is 0.330 e. The number of hydrogen-bond acceptors (Lipinski definition) is 3. The molecule has 1 N–H and O–H groups in total. The average molecular weight is 336 g/mol. The highest BCUT2D eigenvalue weighted by molar-refractivity contribution is 5.91. The minimum Gasteiger partial charge on any atom is -0.330 e. The third-order valence-corrected chi connectivity index (χ3v) is 4.71. The standard InChI is InChI=1S/C19H20N4O2/c1-12-5-7-14(8-6-12)20-17(24)11-23-13(2)10-15-18(23)19(25)22-9-3-4-16(22)21-15/h5-8,10H,3-4,9,11H2,1-2H3,(H,20,24). The Hall–Kier alpha value is -2.89. The number of aromatic nitrogens is 3. The van der Waals surface area contributed by atoms with Crippen molar-refractivity contribution in [1.82, 2.24) is 14.1 Å². The van der Waals surface area contributed by atoms with Gasteiger partial charge >= 0.3 is 0 Å². The maximum absolute atomic E-state index is 12.8. The SMILES string of the molecule is Cc1ccc(NC(=O)Cn2c(C)cc3nc4n(c(=O)c32)CCC4)cc1. The third-order valence-electron chi connectivity index (χ3n) is 4.71. The van der Waals surface area contributed by atoms with Gasteiger partial charge in [0.15, 0.2) is 0 Å². The van der Waals surface area contributed by atoms with Crippen molar-refractivity contribution in [3.8, 4) is 0 Å². The molecular weight excluding hydrogens is 316 g/mol. The van der Waals surface area contributed by atoms with Crippen LogP contribution in [0.4, 0.5) is 5.69 Å². The van der Waals surface area contributed by atoms with E-state index in [1.165, 1.54) is 0 Å². The molecule has 0 radical (unpaired) electrons. The summed E-state index contributed by atoms with van der Waals surface area (Å²) in [5.41, 5.74) is 3.90. The first kappa shape index (κ1) is 15.6. The van der Waals surface area contributed by atoms with Crippen molar-refractivity contribution in [3.05, 3.63) is 57.8 Å². The second kappa shape index (κ2) is 5.88. The normalized spacial score (nSPS) is 13.2. The number of nitrogens with zero attached hydrogens (tertiary/aromatic N) is 3. The molecule has 3 aromatic rings. The van der Waals surface area contributed by atoms with Crippen LogP contribution in [0.5, 0.6) is 0 Å². The molecular formula is C19H20N4O2. The van der Waals surface area contributed by atoms with Gasteiger partial charge in [0, 0.05) is 24.3 Å². The molecule has 1 amide bonds. The molecule has 128 valence electrons. The van der Waals surface area contributed by atoms with Crippen molar-refractivity contribution in [1.29, 1.82) is 0 Å². The van der Waals surface area contributed by atoms with Gasteiger partial charge in [-0.2, -0.15) is 0 Å². The van der Waals surface area contributed by atoms with Gasteiger partial charge in [-0.25, -0.2) is 4.98 Å². The number of nitrogens with one attached hydrogen (secondary N) is 1. The summed E-state index contributed by atoms with van der Waals surface area (Å²) in [5.74, 6) is 0.688. The lowest BCUT2D eigenvalue weighted by molar-refractivity contribution is -0.116. The molecule has 2 aromatic heterocycles. The number of aryl methyl sites for hydroxylation is 3. The summed E-state index contributed by atoms with van der Waals surface area (Å²) in [6, 6.07) is 9.53. The molecule has 0 fully saturated rings. The number of carbonyl (C=O) groups excluding carboxylic acids is 1. The molecule has 0 aliphatic carbocycles. The number of anilines is 1. The summed E-state index contributed by atoms with van der Waals surface area (Å²) in [6.07, 6.45) is 1.78. The average Bonchev–Trinajstić information content (AvgIpc) is 3.15. The fraction of sp³-hybridized carbons (Fsp3) is 0.316. The molecule has 4 rings (SSSR count). The molecule has 1 aromatic carbocycles. The Labute approximate surface area is 145 Å². The van der Waals surface area contributed by atoms with Crippen molar-refractivity contribution >= 4 is 22.6 Å². The molecule has 0 unspecified atom stereocenters. The predicted molar refractivity (Wildman–Crippen MR) is 96.9 cm³/mol. The van der Waals surface area contributed by atoms with E-state index in [4.69, 9.17) is 0 Å². The van der Waals surface area contributed by atoms with Crippen molar-refractivity contribution in [2.75, 3.05) is 5.32 Å². The molecule has 1 aliphatic heterocycles. The summed E-state index contributed by atoms with van der Waals surface area (Å²) < 4.78 is 3.50. The van der Waals surface area contributed by atoms with Gasteiger partial charge in [-0.05, 0) is 38.5 Å². The van der Waals surface area contributed by atoms with Crippen molar-refractivity contribution in [2.24, 2.45) is 0 Å². The number of rotatable bonds is 3. The summed E-state index contributed by atoms with van der Waals surface area (Å²) in [7, 11) is 0. The quantitative estimate of drug-likeness (QED) is 0.798. The Morgan fingerprint density at radius 2 is 2.00 bits per heavy atom. The van der Waals surface area contributed by atoms with Gasteiger partial charge in [0.2, 0.25) is 5.91 Å². The lowest BCUT2D eigenvalue weighted by Crippen LogP contribution is -2.26. The van der Waals surface area contributed by atoms with Gasteiger partial charge in [-0.15, -0.1) is 0 Å². The molecule has 25 heavy (non-hydrogen) atoms. The Balaban J connectivity index is 1.67. The minimum absolute atomic E-state index is 0.0475. The number of amides is 1. The zero-order chi connectivity index (χ0) is 17.6. The lowest BCUT2D eigenvalue weighted by atomic mass is 10.2.